The summed E-state index contributed by atoms with van der Waals surface area (Å²) in [5, 5.41) is 9.30. The maximum absolute atomic E-state index is 11.8. The van der Waals surface area contributed by atoms with Crippen LogP contribution in [0.2, 0.25) is 0 Å². The molecule has 82 valence electrons. The van der Waals surface area contributed by atoms with E-state index in [4.69, 9.17) is 5.73 Å². The Bertz CT molecular complexity index is 223. The van der Waals surface area contributed by atoms with Crippen molar-refractivity contribution in [3.05, 3.63) is 0 Å². The standard InChI is InChI=1S/C10H20N2O2/c1-10(2,3)8(11)9(14)12-5-4-7(13)6-12/h7-8,13H,4-6,11H2,1-3H3/t7-,8?/m0/s1. The summed E-state index contributed by atoms with van der Waals surface area (Å²) in [5.41, 5.74) is 5.63. The molecule has 4 nitrogen and oxygen atoms in total. The second kappa shape index (κ2) is 3.87. The van der Waals surface area contributed by atoms with E-state index < -0.39 is 6.04 Å². The van der Waals surface area contributed by atoms with Crippen LogP contribution in [0.5, 0.6) is 0 Å². The van der Waals surface area contributed by atoms with Crippen molar-refractivity contribution in [2.75, 3.05) is 13.1 Å². The van der Waals surface area contributed by atoms with Crippen molar-refractivity contribution in [3.8, 4) is 0 Å². The number of likely N-dealkylation sites (tertiary alicyclic amines) is 1. The van der Waals surface area contributed by atoms with Crippen LogP contribution in [0.3, 0.4) is 0 Å². The molecule has 1 heterocycles. The Balaban J connectivity index is 2.57. The molecule has 0 aromatic rings. The van der Waals surface area contributed by atoms with Gasteiger partial charge in [-0.25, -0.2) is 0 Å². The summed E-state index contributed by atoms with van der Waals surface area (Å²) in [5.74, 6) is -0.0472. The zero-order valence-electron chi connectivity index (χ0n) is 9.16. The predicted molar refractivity (Wildman–Crippen MR) is 54.6 cm³/mol. The van der Waals surface area contributed by atoms with E-state index in [9.17, 15) is 9.90 Å². The third kappa shape index (κ3) is 2.45. The van der Waals surface area contributed by atoms with E-state index in [1.165, 1.54) is 0 Å². The lowest BCUT2D eigenvalue weighted by atomic mass is 9.86. The van der Waals surface area contributed by atoms with Crippen LogP contribution in [0.1, 0.15) is 27.2 Å². The van der Waals surface area contributed by atoms with E-state index in [1.54, 1.807) is 4.90 Å². The fourth-order valence-corrected chi connectivity index (χ4v) is 1.51. The molecule has 0 radical (unpaired) electrons. The minimum absolute atomic E-state index is 0.0472. The topological polar surface area (TPSA) is 66.6 Å². The average Bonchev–Trinajstić information content (AvgIpc) is 2.47. The molecule has 3 N–H and O–H groups in total. The van der Waals surface area contributed by atoms with Crippen molar-refractivity contribution < 1.29 is 9.90 Å². The molecule has 0 aromatic carbocycles. The number of nitrogens with two attached hydrogens (primary N) is 1. The van der Waals surface area contributed by atoms with Gasteiger partial charge in [0, 0.05) is 13.1 Å². The van der Waals surface area contributed by atoms with Crippen molar-refractivity contribution in [1.29, 1.82) is 0 Å². The number of hydrogen-bond donors (Lipinski definition) is 2. The van der Waals surface area contributed by atoms with Crippen LogP contribution in [0.4, 0.5) is 0 Å². The predicted octanol–water partition coefficient (Wildman–Crippen LogP) is -0.0470. The number of aliphatic hydroxyl groups excluding tert-OH is 1. The quantitative estimate of drug-likeness (QED) is 0.624. The number of hydrogen-bond acceptors (Lipinski definition) is 3. The first-order valence-corrected chi connectivity index (χ1v) is 5.05. The smallest absolute Gasteiger partial charge is 0.240 e. The number of nitrogens with zero attached hydrogens (tertiary/aromatic N) is 1. The van der Waals surface area contributed by atoms with Crippen molar-refractivity contribution in [2.45, 2.75) is 39.3 Å². The molecule has 1 saturated heterocycles. The largest absolute Gasteiger partial charge is 0.391 e. The van der Waals surface area contributed by atoms with Crippen LogP contribution >= 0.6 is 0 Å². The Kier molecular flexibility index (Phi) is 3.17. The highest BCUT2D eigenvalue weighted by atomic mass is 16.3. The normalized spacial score (nSPS) is 25.2. The zero-order valence-corrected chi connectivity index (χ0v) is 9.16. The number of aliphatic hydroxyl groups is 1. The van der Waals surface area contributed by atoms with Gasteiger partial charge in [-0.1, -0.05) is 20.8 Å². The molecular formula is C10H20N2O2. The highest BCUT2D eigenvalue weighted by Crippen LogP contribution is 2.21. The monoisotopic (exact) mass is 200 g/mol. The van der Waals surface area contributed by atoms with Crippen LogP contribution in [-0.4, -0.2) is 41.1 Å². The fourth-order valence-electron chi connectivity index (χ4n) is 1.51. The molecule has 2 atom stereocenters. The summed E-state index contributed by atoms with van der Waals surface area (Å²) in [6, 6.07) is -0.479. The van der Waals surface area contributed by atoms with Crippen LogP contribution < -0.4 is 5.73 Å². The Labute approximate surface area is 85.1 Å². The summed E-state index contributed by atoms with van der Waals surface area (Å²) in [6.45, 7) is 6.90. The van der Waals surface area contributed by atoms with Gasteiger partial charge in [0.15, 0.2) is 0 Å². The Hall–Kier alpha value is -0.610. The van der Waals surface area contributed by atoms with Gasteiger partial charge < -0.3 is 15.7 Å². The van der Waals surface area contributed by atoms with Gasteiger partial charge in [-0.15, -0.1) is 0 Å². The lowest BCUT2D eigenvalue weighted by Crippen LogP contribution is -2.49. The number of carbonyl (C=O) groups is 1. The molecule has 0 bridgehead atoms. The van der Waals surface area contributed by atoms with Gasteiger partial charge in [0.25, 0.3) is 0 Å². The molecule has 1 fully saturated rings. The molecule has 1 aliphatic rings. The number of rotatable bonds is 1. The third-order valence-electron chi connectivity index (χ3n) is 2.67. The summed E-state index contributed by atoms with van der Waals surface area (Å²) >= 11 is 0. The van der Waals surface area contributed by atoms with E-state index in [1.807, 2.05) is 20.8 Å². The van der Waals surface area contributed by atoms with E-state index in [0.717, 1.165) is 0 Å². The highest BCUT2D eigenvalue weighted by molar-refractivity contribution is 5.82. The average molecular weight is 200 g/mol. The minimum atomic E-state index is -0.479. The van der Waals surface area contributed by atoms with Crippen LogP contribution in [0, 0.1) is 5.41 Å². The van der Waals surface area contributed by atoms with Crippen LogP contribution in [-0.2, 0) is 4.79 Å². The van der Waals surface area contributed by atoms with Gasteiger partial charge >= 0.3 is 0 Å². The molecule has 1 aliphatic heterocycles. The molecule has 1 amide bonds. The van der Waals surface area contributed by atoms with Crippen molar-refractivity contribution >= 4 is 5.91 Å². The summed E-state index contributed by atoms with van der Waals surface area (Å²) < 4.78 is 0. The number of carbonyl (C=O) groups excluding carboxylic acids is 1. The highest BCUT2D eigenvalue weighted by Gasteiger charge is 2.34. The first kappa shape index (κ1) is 11.5. The lowest BCUT2D eigenvalue weighted by Gasteiger charge is -2.29. The van der Waals surface area contributed by atoms with E-state index >= 15 is 0 Å². The molecule has 1 unspecified atom stereocenters. The molecule has 0 spiro atoms. The second-order valence-electron chi connectivity index (χ2n) is 5.07. The number of β-amino-alcohol motifs (C(OH)–C–C–N with tert-alkyl or cyclic N) is 1. The first-order chi connectivity index (χ1) is 6.32. The van der Waals surface area contributed by atoms with Gasteiger partial charge in [-0.2, -0.15) is 0 Å². The minimum Gasteiger partial charge on any atom is -0.391 e. The molecule has 14 heavy (non-hydrogen) atoms. The van der Waals surface area contributed by atoms with Crippen molar-refractivity contribution in [1.82, 2.24) is 4.90 Å². The third-order valence-corrected chi connectivity index (χ3v) is 2.67. The van der Waals surface area contributed by atoms with Gasteiger partial charge in [-0.05, 0) is 11.8 Å². The van der Waals surface area contributed by atoms with E-state index in [2.05, 4.69) is 0 Å². The fraction of sp³-hybridized carbons (Fsp3) is 0.900. The van der Waals surface area contributed by atoms with E-state index in [-0.39, 0.29) is 17.4 Å². The molecule has 4 heteroatoms. The number of amides is 1. The SMILES string of the molecule is CC(C)(C)C(N)C(=O)N1CC[C@H](O)C1. The van der Waals surface area contributed by atoms with Crippen molar-refractivity contribution in [3.63, 3.8) is 0 Å². The van der Waals surface area contributed by atoms with Gasteiger partial charge in [0.05, 0.1) is 12.1 Å². The Morgan fingerprint density at radius 2 is 2.14 bits per heavy atom. The summed E-state index contributed by atoms with van der Waals surface area (Å²) in [6.07, 6.45) is 0.300. The van der Waals surface area contributed by atoms with Gasteiger partial charge in [-0.3, -0.25) is 4.79 Å². The summed E-state index contributed by atoms with van der Waals surface area (Å²) in [7, 11) is 0. The van der Waals surface area contributed by atoms with Gasteiger partial charge in [0.2, 0.25) is 5.91 Å². The van der Waals surface area contributed by atoms with Gasteiger partial charge in [0.1, 0.15) is 0 Å². The Morgan fingerprint density at radius 1 is 1.57 bits per heavy atom. The van der Waals surface area contributed by atoms with E-state index in [0.29, 0.717) is 19.5 Å². The maximum atomic E-state index is 11.8. The molecule has 0 saturated carbocycles. The zero-order chi connectivity index (χ0) is 10.9. The summed E-state index contributed by atoms with van der Waals surface area (Å²) in [4.78, 5) is 13.5. The molecule has 0 aliphatic carbocycles. The second-order valence-corrected chi connectivity index (χ2v) is 5.07. The molecule has 0 aromatic heterocycles. The Morgan fingerprint density at radius 3 is 2.50 bits per heavy atom. The van der Waals surface area contributed by atoms with Crippen molar-refractivity contribution in [2.24, 2.45) is 11.1 Å². The maximum Gasteiger partial charge on any atom is 0.240 e. The van der Waals surface area contributed by atoms with Crippen LogP contribution in [0.15, 0.2) is 0 Å². The molecule has 1 rings (SSSR count). The lowest BCUT2D eigenvalue weighted by molar-refractivity contribution is -0.134. The molecular weight excluding hydrogens is 180 g/mol. The first-order valence-electron chi connectivity index (χ1n) is 5.05. The van der Waals surface area contributed by atoms with Crippen LogP contribution in [0.25, 0.3) is 0 Å².